The van der Waals surface area contributed by atoms with E-state index in [-0.39, 0.29) is 5.54 Å². The molecule has 0 bridgehead atoms. The molecule has 1 atom stereocenters. The van der Waals surface area contributed by atoms with Gasteiger partial charge in [-0.25, -0.2) is 0 Å². The van der Waals surface area contributed by atoms with Crippen LogP contribution in [0.25, 0.3) is 0 Å². The molecule has 1 aliphatic carbocycles. The van der Waals surface area contributed by atoms with Crippen LogP contribution in [-0.2, 0) is 0 Å². The Labute approximate surface area is 76.1 Å². The summed E-state index contributed by atoms with van der Waals surface area (Å²) in [6, 6.07) is 1.43. The van der Waals surface area contributed by atoms with E-state index in [9.17, 15) is 0 Å². The van der Waals surface area contributed by atoms with Crippen LogP contribution < -0.4 is 10.6 Å². The number of hydrogen-bond donors (Lipinski definition) is 2. The van der Waals surface area contributed by atoms with Crippen molar-refractivity contribution in [3.8, 4) is 0 Å². The predicted molar refractivity (Wildman–Crippen MR) is 53.4 cm³/mol. The van der Waals surface area contributed by atoms with Crippen molar-refractivity contribution in [1.29, 1.82) is 0 Å². The Kier molecular flexibility index (Phi) is 3.13. The van der Waals surface area contributed by atoms with Crippen LogP contribution in [0, 0.1) is 0 Å². The molecule has 1 saturated carbocycles. The molecule has 0 aromatic heterocycles. The molecule has 0 amide bonds. The molecule has 0 heterocycles. The van der Waals surface area contributed by atoms with Gasteiger partial charge < -0.3 is 10.6 Å². The largest absolute Gasteiger partial charge is 0.311 e. The second kappa shape index (κ2) is 3.75. The number of nitrogens with one attached hydrogen (secondary N) is 2. The summed E-state index contributed by atoms with van der Waals surface area (Å²) in [5.41, 5.74) is 0.249. The van der Waals surface area contributed by atoms with Crippen molar-refractivity contribution in [3.05, 3.63) is 0 Å². The fraction of sp³-hybridized carbons (Fsp3) is 1.00. The Morgan fingerprint density at radius 3 is 2.33 bits per heavy atom. The molecule has 2 N–H and O–H groups in total. The first kappa shape index (κ1) is 10.0. The van der Waals surface area contributed by atoms with Crippen LogP contribution in [0.2, 0.25) is 0 Å². The van der Waals surface area contributed by atoms with E-state index in [2.05, 4.69) is 38.3 Å². The quantitative estimate of drug-likeness (QED) is 0.668. The topological polar surface area (TPSA) is 24.1 Å². The van der Waals surface area contributed by atoms with Crippen LogP contribution in [-0.4, -0.2) is 24.2 Å². The minimum Gasteiger partial charge on any atom is -0.311 e. The van der Waals surface area contributed by atoms with E-state index in [4.69, 9.17) is 0 Å². The Bertz CT molecular complexity index is 133. The fourth-order valence-electron chi connectivity index (χ4n) is 1.17. The smallest absolute Gasteiger partial charge is 0.0166 e. The summed E-state index contributed by atoms with van der Waals surface area (Å²) in [7, 11) is 0. The van der Waals surface area contributed by atoms with Crippen molar-refractivity contribution in [2.24, 2.45) is 0 Å². The Morgan fingerprint density at radius 1 is 1.33 bits per heavy atom. The molecular formula is C10H22N2. The molecule has 2 nitrogen and oxygen atoms in total. The van der Waals surface area contributed by atoms with Crippen LogP contribution in [0.4, 0.5) is 0 Å². The Balaban J connectivity index is 2.04. The summed E-state index contributed by atoms with van der Waals surface area (Å²) in [4.78, 5) is 0. The summed E-state index contributed by atoms with van der Waals surface area (Å²) in [6.07, 6.45) is 2.75. The first-order valence-electron chi connectivity index (χ1n) is 4.98. The lowest BCUT2D eigenvalue weighted by molar-refractivity contribution is 0.387. The molecule has 12 heavy (non-hydrogen) atoms. The van der Waals surface area contributed by atoms with Crippen molar-refractivity contribution in [2.75, 3.05) is 6.54 Å². The van der Waals surface area contributed by atoms with Gasteiger partial charge in [0.1, 0.15) is 0 Å². The van der Waals surface area contributed by atoms with Gasteiger partial charge in [-0.1, -0.05) is 0 Å². The average Bonchev–Trinajstić information content (AvgIpc) is 2.66. The van der Waals surface area contributed by atoms with E-state index in [0.29, 0.717) is 6.04 Å². The third-order valence-electron chi connectivity index (χ3n) is 2.04. The van der Waals surface area contributed by atoms with Gasteiger partial charge in [-0.05, 0) is 40.5 Å². The molecule has 0 aromatic rings. The summed E-state index contributed by atoms with van der Waals surface area (Å²) in [5, 5.41) is 7.06. The van der Waals surface area contributed by atoms with Gasteiger partial charge in [-0.2, -0.15) is 0 Å². The van der Waals surface area contributed by atoms with Crippen LogP contribution in [0.15, 0.2) is 0 Å². The van der Waals surface area contributed by atoms with Gasteiger partial charge >= 0.3 is 0 Å². The SMILES string of the molecule is CC(CNC(C)(C)C)NC1CC1. The third-order valence-corrected chi connectivity index (χ3v) is 2.04. The number of rotatable bonds is 4. The van der Waals surface area contributed by atoms with E-state index in [0.717, 1.165) is 12.6 Å². The molecule has 0 radical (unpaired) electrons. The summed E-state index contributed by atoms with van der Waals surface area (Å²) in [5.74, 6) is 0. The fourth-order valence-corrected chi connectivity index (χ4v) is 1.17. The highest BCUT2D eigenvalue weighted by molar-refractivity contribution is 4.85. The monoisotopic (exact) mass is 170 g/mol. The second-order valence-electron chi connectivity index (χ2n) is 4.97. The summed E-state index contributed by atoms with van der Waals surface area (Å²) in [6.45, 7) is 9.93. The molecule has 1 fully saturated rings. The van der Waals surface area contributed by atoms with E-state index in [1.54, 1.807) is 0 Å². The highest BCUT2D eigenvalue weighted by Crippen LogP contribution is 2.19. The summed E-state index contributed by atoms with van der Waals surface area (Å²) >= 11 is 0. The molecule has 0 aliphatic heterocycles. The van der Waals surface area contributed by atoms with Crippen LogP contribution in [0.3, 0.4) is 0 Å². The van der Waals surface area contributed by atoms with E-state index in [1.165, 1.54) is 12.8 Å². The maximum atomic E-state index is 3.56. The van der Waals surface area contributed by atoms with Gasteiger partial charge in [0.25, 0.3) is 0 Å². The Hall–Kier alpha value is -0.0800. The van der Waals surface area contributed by atoms with Crippen LogP contribution >= 0.6 is 0 Å². The van der Waals surface area contributed by atoms with Crippen LogP contribution in [0.5, 0.6) is 0 Å². The van der Waals surface area contributed by atoms with Crippen molar-refractivity contribution < 1.29 is 0 Å². The van der Waals surface area contributed by atoms with E-state index in [1.807, 2.05) is 0 Å². The molecule has 1 unspecified atom stereocenters. The maximum absolute atomic E-state index is 3.56. The molecular weight excluding hydrogens is 148 g/mol. The highest BCUT2D eigenvalue weighted by Gasteiger charge is 2.22. The minimum atomic E-state index is 0.249. The minimum absolute atomic E-state index is 0.249. The zero-order valence-corrected chi connectivity index (χ0v) is 8.78. The second-order valence-corrected chi connectivity index (χ2v) is 4.97. The standard InChI is InChI=1S/C10H22N2/c1-8(12-9-5-6-9)7-11-10(2,3)4/h8-9,11-12H,5-7H2,1-4H3. The molecule has 1 rings (SSSR count). The Morgan fingerprint density at radius 2 is 1.92 bits per heavy atom. The third kappa shape index (κ3) is 4.73. The maximum Gasteiger partial charge on any atom is 0.0166 e. The summed E-state index contributed by atoms with van der Waals surface area (Å²) < 4.78 is 0. The van der Waals surface area contributed by atoms with Crippen molar-refractivity contribution in [2.45, 2.75) is 58.2 Å². The molecule has 2 heteroatoms. The van der Waals surface area contributed by atoms with Crippen LogP contribution in [0.1, 0.15) is 40.5 Å². The van der Waals surface area contributed by atoms with Gasteiger partial charge in [0.05, 0.1) is 0 Å². The van der Waals surface area contributed by atoms with Gasteiger partial charge in [-0.3, -0.25) is 0 Å². The van der Waals surface area contributed by atoms with Crippen molar-refractivity contribution >= 4 is 0 Å². The van der Waals surface area contributed by atoms with Gasteiger partial charge in [0.15, 0.2) is 0 Å². The first-order chi connectivity index (χ1) is 5.47. The molecule has 1 aliphatic rings. The van der Waals surface area contributed by atoms with Gasteiger partial charge in [0, 0.05) is 24.2 Å². The zero-order valence-electron chi connectivity index (χ0n) is 8.78. The average molecular weight is 170 g/mol. The first-order valence-corrected chi connectivity index (χ1v) is 4.98. The lowest BCUT2D eigenvalue weighted by Crippen LogP contribution is -2.45. The van der Waals surface area contributed by atoms with Crippen molar-refractivity contribution in [1.82, 2.24) is 10.6 Å². The van der Waals surface area contributed by atoms with E-state index >= 15 is 0 Å². The predicted octanol–water partition coefficient (Wildman–Crippen LogP) is 1.51. The highest BCUT2D eigenvalue weighted by atomic mass is 15.0. The molecule has 0 spiro atoms. The zero-order chi connectivity index (χ0) is 9.19. The molecule has 72 valence electrons. The lowest BCUT2D eigenvalue weighted by Gasteiger charge is -2.23. The normalized spacial score (nSPS) is 21.0. The van der Waals surface area contributed by atoms with Crippen molar-refractivity contribution in [3.63, 3.8) is 0 Å². The van der Waals surface area contributed by atoms with E-state index < -0.39 is 0 Å². The van der Waals surface area contributed by atoms with Gasteiger partial charge in [0.2, 0.25) is 0 Å². The molecule has 0 aromatic carbocycles. The lowest BCUT2D eigenvalue weighted by atomic mass is 10.1. The molecule has 0 saturated heterocycles. The number of hydrogen-bond acceptors (Lipinski definition) is 2. The van der Waals surface area contributed by atoms with Gasteiger partial charge in [-0.15, -0.1) is 0 Å².